The molecule has 0 spiro atoms. The van der Waals surface area contributed by atoms with Gasteiger partial charge in [0.15, 0.2) is 0 Å². The van der Waals surface area contributed by atoms with E-state index in [1.54, 1.807) is 0 Å². The first-order valence-electron chi connectivity index (χ1n) is 7.88. The maximum absolute atomic E-state index is 3.63. The van der Waals surface area contributed by atoms with Gasteiger partial charge in [0.25, 0.3) is 0 Å². The van der Waals surface area contributed by atoms with Crippen molar-refractivity contribution >= 4 is 21.8 Å². The minimum atomic E-state index is 0.554. The van der Waals surface area contributed by atoms with Crippen molar-refractivity contribution in [2.75, 3.05) is 6.54 Å². The first kappa shape index (κ1) is 14.2. The minimum Gasteiger partial charge on any atom is -0.339 e. The molecule has 1 atom stereocenters. The van der Waals surface area contributed by atoms with E-state index in [-0.39, 0.29) is 0 Å². The summed E-state index contributed by atoms with van der Waals surface area (Å²) in [7, 11) is 0. The van der Waals surface area contributed by atoms with Crippen LogP contribution in [0.3, 0.4) is 0 Å². The number of rotatable bonds is 5. The number of para-hydroxylation sites is 2. The average molecular weight is 280 g/mol. The molecule has 0 aliphatic rings. The van der Waals surface area contributed by atoms with Gasteiger partial charge >= 0.3 is 0 Å². The van der Waals surface area contributed by atoms with Gasteiger partial charge in [-0.2, -0.15) is 0 Å². The predicted octanol–water partition coefficient (Wildman–Crippen LogP) is 4.43. The Bertz CT molecular complexity index is 686. The number of hydrogen-bond acceptors (Lipinski definition) is 1. The van der Waals surface area contributed by atoms with Gasteiger partial charge in [0.2, 0.25) is 0 Å². The molecule has 0 saturated carbocycles. The molecule has 21 heavy (non-hydrogen) atoms. The lowest BCUT2D eigenvalue weighted by Crippen LogP contribution is -2.33. The van der Waals surface area contributed by atoms with Crippen molar-refractivity contribution < 1.29 is 0 Å². The normalized spacial score (nSPS) is 13.3. The predicted molar refractivity (Wildman–Crippen MR) is 91.7 cm³/mol. The highest BCUT2D eigenvalue weighted by molar-refractivity contribution is 6.07. The van der Waals surface area contributed by atoms with Crippen LogP contribution < -0.4 is 5.32 Å². The quantitative estimate of drug-likeness (QED) is 0.731. The Labute approximate surface area is 126 Å². The molecule has 1 N–H and O–H groups in total. The highest BCUT2D eigenvalue weighted by atomic mass is 15.0. The van der Waals surface area contributed by atoms with Crippen LogP contribution in [0.1, 0.15) is 20.8 Å². The Hall–Kier alpha value is -1.80. The average Bonchev–Trinajstić information content (AvgIpc) is 2.82. The van der Waals surface area contributed by atoms with Gasteiger partial charge in [0.1, 0.15) is 0 Å². The third kappa shape index (κ3) is 2.68. The SMILES string of the molecule is CC(C)C(C)NCCn1c2ccccc2c2ccccc21. The number of hydrogen-bond donors (Lipinski definition) is 1. The van der Waals surface area contributed by atoms with Gasteiger partial charge in [-0.05, 0) is 25.0 Å². The summed E-state index contributed by atoms with van der Waals surface area (Å²) in [6.45, 7) is 8.79. The zero-order chi connectivity index (χ0) is 14.8. The third-order valence-corrected chi connectivity index (χ3v) is 4.48. The van der Waals surface area contributed by atoms with Gasteiger partial charge in [-0.3, -0.25) is 0 Å². The fraction of sp³-hybridized carbons (Fsp3) is 0.368. The molecular weight excluding hydrogens is 256 g/mol. The fourth-order valence-electron chi connectivity index (χ4n) is 2.88. The van der Waals surface area contributed by atoms with Gasteiger partial charge in [0.05, 0.1) is 0 Å². The third-order valence-electron chi connectivity index (χ3n) is 4.48. The molecular formula is C19H24N2. The molecule has 3 rings (SSSR count). The second-order valence-electron chi connectivity index (χ2n) is 6.17. The molecule has 0 saturated heterocycles. The molecule has 2 nitrogen and oxygen atoms in total. The van der Waals surface area contributed by atoms with Gasteiger partial charge in [-0.1, -0.05) is 50.2 Å². The largest absolute Gasteiger partial charge is 0.339 e. The van der Waals surface area contributed by atoms with Crippen LogP contribution in [-0.2, 0) is 6.54 Å². The molecule has 0 aliphatic heterocycles. The van der Waals surface area contributed by atoms with Crippen molar-refractivity contribution in [2.45, 2.75) is 33.4 Å². The summed E-state index contributed by atoms with van der Waals surface area (Å²) in [6, 6.07) is 17.9. The van der Waals surface area contributed by atoms with E-state index in [0.717, 1.165) is 13.1 Å². The van der Waals surface area contributed by atoms with Crippen LogP contribution in [0.2, 0.25) is 0 Å². The molecule has 1 heterocycles. The number of fused-ring (bicyclic) bond motifs is 3. The number of nitrogens with one attached hydrogen (secondary N) is 1. The highest BCUT2D eigenvalue weighted by Gasteiger charge is 2.10. The van der Waals surface area contributed by atoms with E-state index in [2.05, 4.69) is 79.2 Å². The van der Waals surface area contributed by atoms with Crippen LogP contribution in [0.4, 0.5) is 0 Å². The van der Waals surface area contributed by atoms with Gasteiger partial charge in [0, 0.05) is 40.9 Å². The van der Waals surface area contributed by atoms with Crippen molar-refractivity contribution in [1.29, 1.82) is 0 Å². The van der Waals surface area contributed by atoms with E-state index in [0.29, 0.717) is 12.0 Å². The first-order chi connectivity index (χ1) is 10.2. The molecule has 1 aromatic heterocycles. The zero-order valence-electron chi connectivity index (χ0n) is 13.1. The molecule has 0 bridgehead atoms. The summed E-state index contributed by atoms with van der Waals surface area (Å²) in [5, 5.41) is 6.33. The first-order valence-corrected chi connectivity index (χ1v) is 7.88. The molecule has 0 radical (unpaired) electrons. The second-order valence-corrected chi connectivity index (χ2v) is 6.17. The van der Waals surface area contributed by atoms with Crippen molar-refractivity contribution in [2.24, 2.45) is 5.92 Å². The zero-order valence-corrected chi connectivity index (χ0v) is 13.1. The lowest BCUT2D eigenvalue weighted by molar-refractivity contribution is 0.419. The summed E-state index contributed by atoms with van der Waals surface area (Å²) in [5.74, 6) is 0.670. The van der Waals surface area contributed by atoms with E-state index in [1.807, 2.05) is 0 Å². The van der Waals surface area contributed by atoms with E-state index in [1.165, 1.54) is 21.8 Å². The molecule has 0 amide bonds. The van der Waals surface area contributed by atoms with Crippen molar-refractivity contribution in [1.82, 2.24) is 9.88 Å². The number of benzene rings is 2. The molecule has 110 valence electrons. The Morgan fingerprint density at radius 2 is 1.38 bits per heavy atom. The van der Waals surface area contributed by atoms with E-state index >= 15 is 0 Å². The maximum Gasteiger partial charge on any atom is 0.0491 e. The van der Waals surface area contributed by atoms with Crippen LogP contribution >= 0.6 is 0 Å². The standard InChI is InChI=1S/C19H24N2/c1-14(2)15(3)20-12-13-21-18-10-6-4-8-16(18)17-9-5-7-11-19(17)21/h4-11,14-15,20H,12-13H2,1-3H3. The van der Waals surface area contributed by atoms with Crippen molar-refractivity contribution in [3.63, 3.8) is 0 Å². The molecule has 2 heteroatoms. The van der Waals surface area contributed by atoms with Crippen LogP contribution in [0.5, 0.6) is 0 Å². The molecule has 3 aromatic rings. The van der Waals surface area contributed by atoms with E-state index in [4.69, 9.17) is 0 Å². The van der Waals surface area contributed by atoms with Gasteiger partial charge in [-0.15, -0.1) is 0 Å². The monoisotopic (exact) mass is 280 g/mol. The summed E-state index contributed by atoms with van der Waals surface area (Å²) < 4.78 is 2.44. The molecule has 0 aliphatic carbocycles. The van der Waals surface area contributed by atoms with Crippen LogP contribution in [-0.4, -0.2) is 17.2 Å². The van der Waals surface area contributed by atoms with E-state index in [9.17, 15) is 0 Å². The van der Waals surface area contributed by atoms with Crippen LogP contribution in [0.15, 0.2) is 48.5 Å². The Morgan fingerprint density at radius 1 is 0.857 bits per heavy atom. The second kappa shape index (κ2) is 5.90. The summed E-state index contributed by atoms with van der Waals surface area (Å²) in [5.41, 5.74) is 2.66. The summed E-state index contributed by atoms with van der Waals surface area (Å²) in [6.07, 6.45) is 0. The smallest absolute Gasteiger partial charge is 0.0491 e. The summed E-state index contributed by atoms with van der Waals surface area (Å²) >= 11 is 0. The molecule has 0 fully saturated rings. The summed E-state index contributed by atoms with van der Waals surface area (Å²) in [4.78, 5) is 0. The van der Waals surface area contributed by atoms with Crippen molar-refractivity contribution in [3.8, 4) is 0 Å². The highest BCUT2D eigenvalue weighted by Crippen LogP contribution is 2.28. The minimum absolute atomic E-state index is 0.554. The molecule has 2 aromatic carbocycles. The number of nitrogens with zero attached hydrogens (tertiary/aromatic N) is 1. The van der Waals surface area contributed by atoms with Crippen molar-refractivity contribution in [3.05, 3.63) is 48.5 Å². The molecule has 1 unspecified atom stereocenters. The van der Waals surface area contributed by atoms with Crippen LogP contribution in [0, 0.1) is 5.92 Å². The number of aromatic nitrogens is 1. The Morgan fingerprint density at radius 3 is 1.90 bits per heavy atom. The fourth-order valence-corrected chi connectivity index (χ4v) is 2.88. The van der Waals surface area contributed by atoms with E-state index < -0.39 is 0 Å². The van der Waals surface area contributed by atoms with Gasteiger partial charge < -0.3 is 9.88 Å². The van der Waals surface area contributed by atoms with Gasteiger partial charge in [-0.25, -0.2) is 0 Å². The lowest BCUT2D eigenvalue weighted by Gasteiger charge is -2.18. The van der Waals surface area contributed by atoms with Crippen LogP contribution in [0.25, 0.3) is 21.8 Å². The lowest BCUT2D eigenvalue weighted by atomic mass is 10.1. The topological polar surface area (TPSA) is 17.0 Å². The maximum atomic E-state index is 3.63. The Balaban J connectivity index is 1.93. The Kier molecular flexibility index (Phi) is 3.98.